The van der Waals surface area contributed by atoms with Crippen LogP contribution in [0.5, 0.6) is 0 Å². The molecule has 0 fully saturated rings. The van der Waals surface area contributed by atoms with E-state index in [1.165, 1.54) is 0 Å². The molecule has 0 aliphatic rings. The molecule has 0 amide bonds. The summed E-state index contributed by atoms with van der Waals surface area (Å²) >= 11 is 0. The highest BCUT2D eigenvalue weighted by atomic mass is 16.1. The molecule has 3 heteroatoms. The Bertz CT molecular complexity index is 284. The van der Waals surface area contributed by atoms with Crippen LogP contribution in [-0.2, 0) is 11.2 Å². The van der Waals surface area contributed by atoms with Crippen molar-refractivity contribution in [3.63, 3.8) is 0 Å². The minimum atomic E-state index is 0.360. The molecule has 3 nitrogen and oxygen atoms in total. The summed E-state index contributed by atoms with van der Waals surface area (Å²) in [6, 6.07) is 4.10. The molecule has 0 saturated heterocycles. The lowest BCUT2D eigenvalue weighted by atomic mass is 10.2. The van der Waals surface area contributed by atoms with Crippen molar-refractivity contribution in [2.75, 3.05) is 5.32 Å². The molecule has 0 aliphatic carbocycles. The van der Waals surface area contributed by atoms with Crippen LogP contribution in [0, 0.1) is 0 Å². The zero-order valence-corrected chi connectivity index (χ0v) is 7.95. The van der Waals surface area contributed by atoms with Crippen LogP contribution in [0.4, 0.5) is 5.82 Å². The van der Waals surface area contributed by atoms with Crippen molar-refractivity contribution in [2.45, 2.75) is 26.3 Å². The van der Waals surface area contributed by atoms with E-state index in [4.69, 9.17) is 0 Å². The normalized spacial score (nSPS) is 10.1. The number of pyridine rings is 1. The summed E-state index contributed by atoms with van der Waals surface area (Å²) in [6.45, 7) is 4.10. The molecule has 0 saturated carbocycles. The SMILES string of the molecule is CC(C)Nc1cc(CC=O)ccn1. The lowest BCUT2D eigenvalue weighted by molar-refractivity contribution is -0.107. The molecule has 0 radical (unpaired) electrons. The van der Waals surface area contributed by atoms with Crippen molar-refractivity contribution < 1.29 is 4.79 Å². The lowest BCUT2D eigenvalue weighted by Crippen LogP contribution is -2.11. The van der Waals surface area contributed by atoms with Crippen molar-refractivity contribution in [3.8, 4) is 0 Å². The van der Waals surface area contributed by atoms with Gasteiger partial charge in [0.1, 0.15) is 12.1 Å². The molecule has 0 unspecified atom stereocenters. The van der Waals surface area contributed by atoms with Crippen molar-refractivity contribution >= 4 is 12.1 Å². The van der Waals surface area contributed by atoms with E-state index in [-0.39, 0.29) is 0 Å². The summed E-state index contributed by atoms with van der Waals surface area (Å²) in [6.07, 6.45) is 3.06. The van der Waals surface area contributed by atoms with Crippen LogP contribution < -0.4 is 5.32 Å². The van der Waals surface area contributed by atoms with Gasteiger partial charge in [-0.05, 0) is 31.5 Å². The zero-order chi connectivity index (χ0) is 9.68. The van der Waals surface area contributed by atoms with Gasteiger partial charge in [-0.15, -0.1) is 0 Å². The lowest BCUT2D eigenvalue weighted by Gasteiger charge is -2.08. The molecule has 1 aromatic rings. The van der Waals surface area contributed by atoms with Gasteiger partial charge in [0, 0.05) is 18.7 Å². The van der Waals surface area contributed by atoms with E-state index in [1.54, 1.807) is 6.20 Å². The Balaban J connectivity index is 2.72. The molecule has 70 valence electrons. The standard InChI is InChI=1S/C10H14N2O/c1-8(2)12-10-7-9(4-6-13)3-5-11-10/h3,5-8H,4H2,1-2H3,(H,11,12). The molecule has 0 atom stereocenters. The predicted molar refractivity (Wildman–Crippen MR) is 52.8 cm³/mol. The van der Waals surface area contributed by atoms with Crippen LogP contribution in [0.3, 0.4) is 0 Å². The van der Waals surface area contributed by atoms with Gasteiger partial charge in [0.15, 0.2) is 0 Å². The second kappa shape index (κ2) is 4.60. The van der Waals surface area contributed by atoms with Crippen molar-refractivity contribution in [2.24, 2.45) is 0 Å². The number of nitrogens with zero attached hydrogens (tertiary/aromatic N) is 1. The summed E-state index contributed by atoms with van der Waals surface area (Å²) in [4.78, 5) is 14.4. The molecule has 0 spiro atoms. The molecule has 0 bridgehead atoms. The Morgan fingerprint density at radius 1 is 1.62 bits per heavy atom. The van der Waals surface area contributed by atoms with Gasteiger partial charge in [-0.25, -0.2) is 4.98 Å². The van der Waals surface area contributed by atoms with Gasteiger partial charge < -0.3 is 10.1 Å². The van der Waals surface area contributed by atoms with Crippen LogP contribution in [0.2, 0.25) is 0 Å². The number of rotatable bonds is 4. The number of aromatic nitrogens is 1. The van der Waals surface area contributed by atoms with Gasteiger partial charge in [-0.2, -0.15) is 0 Å². The third-order valence-corrected chi connectivity index (χ3v) is 1.58. The van der Waals surface area contributed by atoms with Gasteiger partial charge >= 0.3 is 0 Å². The minimum Gasteiger partial charge on any atom is -0.368 e. The van der Waals surface area contributed by atoms with Crippen molar-refractivity contribution in [1.29, 1.82) is 0 Å². The highest BCUT2D eigenvalue weighted by Crippen LogP contribution is 2.07. The summed E-state index contributed by atoms with van der Waals surface area (Å²) < 4.78 is 0. The van der Waals surface area contributed by atoms with E-state index in [9.17, 15) is 4.79 Å². The summed E-state index contributed by atoms with van der Waals surface area (Å²) in [5, 5.41) is 3.18. The van der Waals surface area contributed by atoms with Gasteiger partial charge in [0.2, 0.25) is 0 Å². The van der Waals surface area contributed by atoms with Crippen LogP contribution in [0.25, 0.3) is 0 Å². The molecule has 1 heterocycles. The highest BCUT2D eigenvalue weighted by molar-refractivity contribution is 5.56. The van der Waals surface area contributed by atoms with Crippen LogP contribution >= 0.6 is 0 Å². The maximum absolute atomic E-state index is 10.3. The van der Waals surface area contributed by atoms with E-state index >= 15 is 0 Å². The molecule has 1 N–H and O–H groups in total. The second-order valence-electron chi connectivity index (χ2n) is 3.22. The molecular formula is C10H14N2O. The Kier molecular flexibility index (Phi) is 3.43. The molecule has 13 heavy (non-hydrogen) atoms. The van der Waals surface area contributed by atoms with E-state index in [2.05, 4.69) is 10.3 Å². The zero-order valence-electron chi connectivity index (χ0n) is 7.95. The van der Waals surface area contributed by atoms with Gasteiger partial charge in [0.25, 0.3) is 0 Å². The Labute approximate surface area is 78.2 Å². The third-order valence-electron chi connectivity index (χ3n) is 1.58. The van der Waals surface area contributed by atoms with Crippen LogP contribution in [0.15, 0.2) is 18.3 Å². The quantitative estimate of drug-likeness (QED) is 0.713. The fourth-order valence-corrected chi connectivity index (χ4v) is 1.07. The molecule has 1 rings (SSSR count). The molecule has 0 aromatic carbocycles. The van der Waals surface area contributed by atoms with Gasteiger partial charge in [-0.3, -0.25) is 0 Å². The number of anilines is 1. The van der Waals surface area contributed by atoms with Crippen LogP contribution in [0.1, 0.15) is 19.4 Å². The largest absolute Gasteiger partial charge is 0.368 e. The average Bonchev–Trinajstić information content (AvgIpc) is 2.04. The fraction of sp³-hybridized carbons (Fsp3) is 0.400. The predicted octanol–water partition coefficient (Wildman–Crippen LogP) is 1.64. The first-order valence-electron chi connectivity index (χ1n) is 4.37. The number of nitrogens with one attached hydrogen (secondary N) is 1. The van der Waals surface area contributed by atoms with Crippen molar-refractivity contribution in [3.05, 3.63) is 23.9 Å². The maximum Gasteiger partial charge on any atom is 0.126 e. The number of carbonyl (C=O) groups is 1. The number of hydrogen-bond donors (Lipinski definition) is 1. The summed E-state index contributed by atoms with van der Waals surface area (Å²) in [5.74, 6) is 0.828. The topological polar surface area (TPSA) is 42.0 Å². The van der Waals surface area contributed by atoms with E-state index in [0.717, 1.165) is 17.7 Å². The number of hydrogen-bond acceptors (Lipinski definition) is 3. The first-order valence-corrected chi connectivity index (χ1v) is 4.37. The summed E-state index contributed by atoms with van der Waals surface area (Å²) in [7, 11) is 0. The van der Waals surface area contributed by atoms with Gasteiger partial charge in [0.05, 0.1) is 0 Å². The van der Waals surface area contributed by atoms with Gasteiger partial charge in [-0.1, -0.05) is 0 Å². The van der Waals surface area contributed by atoms with E-state index in [0.29, 0.717) is 12.5 Å². The summed E-state index contributed by atoms with van der Waals surface area (Å²) in [5.41, 5.74) is 0.994. The number of carbonyl (C=O) groups excluding carboxylic acids is 1. The maximum atomic E-state index is 10.3. The second-order valence-corrected chi connectivity index (χ2v) is 3.22. The Morgan fingerprint density at radius 2 is 2.38 bits per heavy atom. The number of aldehydes is 1. The van der Waals surface area contributed by atoms with E-state index < -0.39 is 0 Å². The molecule has 1 aromatic heterocycles. The average molecular weight is 178 g/mol. The fourth-order valence-electron chi connectivity index (χ4n) is 1.07. The van der Waals surface area contributed by atoms with E-state index in [1.807, 2.05) is 26.0 Å². The Morgan fingerprint density at radius 3 is 3.00 bits per heavy atom. The molecule has 0 aliphatic heterocycles. The van der Waals surface area contributed by atoms with Crippen molar-refractivity contribution in [1.82, 2.24) is 4.98 Å². The first kappa shape index (κ1) is 9.71. The third kappa shape index (κ3) is 3.23. The highest BCUT2D eigenvalue weighted by Gasteiger charge is 1.97. The first-order chi connectivity index (χ1) is 6.22. The smallest absolute Gasteiger partial charge is 0.126 e. The minimum absolute atomic E-state index is 0.360. The monoisotopic (exact) mass is 178 g/mol. The molecular weight excluding hydrogens is 164 g/mol. The Hall–Kier alpha value is -1.38. The van der Waals surface area contributed by atoms with Crippen LogP contribution in [-0.4, -0.2) is 17.3 Å².